The van der Waals surface area contributed by atoms with Crippen molar-refractivity contribution in [1.29, 1.82) is 0 Å². The minimum Gasteiger partial charge on any atom is -0.492 e. The zero-order chi connectivity index (χ0) is 15.2. The van der Waals surface area contributed by atoms with Gasteiger partial charge >= 0.3 is 0 Å². The number of rotatable bonds is 5. The van der Waals surface area contributed by atoms with Crippen molar-refractivity contribution in [3.05, 3.63) is 58.9 Å². The van der Waals surface area contributed by atoms with Crippen LogP contribution < -0.4 is 15.8 Å². The van der Waals surface area contributed by atoms with Crippen molar-refractivity contribution in [3.8, 4) is 5.75 Å². The van der Waals surface area contributed by atoms with Gasteiger partial charge in [-0.2, -0.15) is 0 Å². The van der Waals surface area contributed by atoms with Crippen molar-refractivity contribution in [2.24, 2.45) is 5.73 Å². The molecule has 0 atom stereocenters. The first-order valence-corrected chi connectivity index (χ1v) is 6.67. The average molecular weight is 309 g/mol. The van der Waals surface area contributed by atoms with E-state index in [0.29, 0.717) is 24.6 Å². The Balaban J connectivity index is 2.03. The molecular weight excluding hydrogens is 295 g/mol. The van der Waals surface area contributed by atoms with Crippen LogP contribution in [0, 0.1) is 5.82 Å². The first-order valence-electron chi connectivity index (χ1n) is 6.29. The molecule has 0 aromatic heterocycles. The van der Waals surface area contributed by atoms with Crippen LogP contribution in [0.4, 0.5) is 10.1 Å². The van der Waals surface area contributed by atoms with Gasteiger partial charge in [-0.3, -0.25) is 4.79 Å². The van der Waals surface area contributed by atoms with Crippen LogP contribution in [0.5, 0.6) is 5.75 Å². The quantitative estimate of drug-likeness (QED) is 0.892. The lowest BCUT2D eigenvalue weighted by atomic mass is 10.2. The second-order valence-electron chi connectivity index (χ2n) is 4.24. The number of hydrogen-bond acceptors (Lipinski definition) is 3. The minimum atomic E-state index is -0.630. The van der Waals surface area contributed by atoms with E-state index in [1.807, 2.05) is 0 Å². The molecule has 0 radical (unpaired) electrons. The zero-order valence-electron chi connectivity index (χ0n) is 11.1. The van der Waals surface area contributed by atoms with Crippen LogP contribution in [0.2, 0.25) is 5.02 Å². The predicted octanol–water partition coefficient (Wildman–Crippen LogP) is 3.07. The minimum absolute atomic E-state index is 0.0204. The summed E-state index contributed by atoms with van der Waals surface area (Å²) in [6.45, 7) is 0.858. The predicted molar refractivity (Wildman–Crippen MR) is 80.4 cm³/mol. The van der Waals surface area contributed by atoms with Crippen molar-refractivity contribution in [2.75, 3.05) is 18.5 Å². The van der Waals surface area contributed by atoms with Gasteiger partial charge in [0.25, 0.3) is 5.91 Å². The number of benzene rings is 2. The number of halogens is 2. The second kappa shape index (κ2) is 7.06. The highest BCUT2D eigenvalue weighted by atomic mass is 35.5. The number of nitrogens with one attached hydrogen (secondary N) is 1. The van der Waals surface area contributed by atoms with Crippen molar-refractivity contribution in [2.45, 2.75) is 0 Å². The Labute approximate surface area is 126 Å². The summed E-state index contributed by atoms with van der Waals surface area (Å²) >= 11 is 5.58. The fourth-order valence-electron chi connectivity index (χ4n) is 1.65. The number of ether oxygens (including phenoxy) is 1. The lowest BCUT2D eigenvalue weighted by Gasteiger charge is -2.08. The van der Waals surface area contributed by atoms with E-state index in [4.69, 9.17) is 22.1 Å². The monoisotopic (exact) mass is 308 g/mol. The highest BCUT2D eigenvalue weighted by Crippen LogP contribution is 2.18. The van der Waals surface area contributed by atoms with Gasteiger partial charge < -0.3 is 15.8 Å². The summed E-state index contributed by atoms with van der Waals surface area (Å²) in [4.78, 5) is 12.0. The van der Waals surface area contributed by atoms with Crippen molar-refractivity contribution in [3.63, 3.8) is 0 Å². The molecule has 0 aliphatic carbocycles. The van der Waals surface area contributed by atoms with Crippen molar-refractivity contribution in [1.82, 2.24) is 0 Å². The van der Waals surface area contributed by atoms with E-state index in [-0.39, 0.29) is 10.6 Å². The third-order valence-corrected chi connectivity index (χ3v) is 2.99. The van der Waals surface area contributed by atoms with Crippen LogP contribution in [0.3, 0.4) is 0 Å². The summed E-state index contributed by atoms with van der Waals surface area (Å²) in [5.74, 6) is -0.382. The SMILES string of the molecule is NCCOc1ccc(NC(=O)c2ccc(Cl)c(F)c2)cc1. The van der Waals surface area contributed by atoms with Gasteiger partial charge in [-0.15, -0.1) is 0 Å². The highest BCUT2D eigenvalue weighted by molar-refractivity contribution is 6.30. The highest BCUT2D eigenvalue weighted by Gasteiger charge is 2.09. The first kappa shape index (κ1) is 15.3. The molecule has 1 amide bonds. The van der Waals surface area contributed by atoms with Gasteiger partial charge in [0.15, 0.2) is 0 Å². The van der Waals surface area contributed by atoms with E-state index in [1.165, 1.54) is 12.1 Å². The van der Waals surface area contributed by atoms with Gasteiger partial charge in [0.1, 0.15) is 18.2 Å². The molecule has 0 unspecified atom stereocenters. The molecule has 0 saturated heterocycles. The molecule has 110 valence electrons. The maximum atomic E-state index is 13.3. The second-order valence-corrected chi connectivity index (χ2v) is 4.65. The van der Waals surface area contributed by atoms with Crippen LogP contribution >= 0.6 is 11.6 Å². The summed E-state index contributed by atoms with van der Waals surface area (Å²) in [5, 5.41) is 2.64. The Morgan fingerprint density at radius 3 is 2.57 bits per heavy atom. The van der Waals surface area contributed by atoms with Crippen LogP contribution in [-0.4, -0.2) is 19.1 Å². The number of anilines is 1. The molecule has 0 bridgehead atoms. The average Bonchev–Trinajstić information content (AvgIpc) is 2.49. The molecule has 6 heteroatoms. The van der Waals surface area contributed by atoms with Crippen LogP contribution in [0.25, 0.3) is 0 Å². The molecule has 3 N–H and O–H groups in total. The van der Waals surface area contributed by atoms with Gasteiger partial charge in [0, 0.05) is 17.8 Å². The number of hydrogen-bond donors (Lipinski definition) is 2. The Morgan fingerprint density at radius 1 is 1.24 bits per heavy atom. The van der Waals surface area contributed by atoms with Crippen LogP contribution in [0.1, 0.15) is 10.4 Å². The molecule has 2 aromatic rings. The molecule has 2 aromatic carbocycles. The fraction of sp³-hybridized carbons (Fsp3) is 0.133. The summed E-state index contributed by atoms with van der Waals surface area (Å²) in [6, 6.07) is 10.7. The lowest BCUT2D eigenvalue weighted by molar-refractivity contribution is 0.102. The summed E-state index contributed by atoms with van der Waals surface area (Å²) in [7, 11) is 0. The maximum absolute atomic E-state index is 13.3. The molecule has 2 rings (SSSR count). The van der Waals surface area contributed by atoms with Gasteiger partial charge in [-0.25, -0.2) is 4.39 Å². The van der Waals surface area contributed by atoms with E-state index in [9.17, 15) is 9.18 Å². The van der Waals surface area contributed by atoms with E-state index >= 15 is 0 Å². The number of amides is 1. The molecule has 0 saturated carbocycles. The molecule has 0 aliphatic heterocycles. The van der Waals surface area contributed by atoms with E-state index in [0.717, 1.165) is 6.07 Å². The van der Waals surface area contributed by atoms with Crippen molar-refractivity contribution < 1.29 is 13.9 Å². The first-order chi connectivity index (χ1) is 10.1. The number of carbonyl (C=O) groups excluding carboxylic acids is 1. The normalized spacial score (nSPS) is 10.2. The van der Waals surface area contributed by atoms with Gasteiger partial charge in [-0.05, 0) is 42.5 Å². The molecule has 0 fully saturated rings. The largest absolute Gasteiger partial charge is 0.492 e. The summed E-state index contributed by atoms with van der Waals surface area (Å²) < 4.78 is 18.6. The smallest absolute Gasteiger partial charge is 0.255 e. The molecular formula is C15H14ClFN2O2. The third kappa shape index (κ3) is 4.18. The molecule has 21 heavy (non-hydrogen) atoms. The van der Waals surface area contributed by atoms with Crippen LogP contribution in [-0.2, 0) is 0 Å². The van der Waals surface area contributed by atoms with E-state index in [2.05, 4.69) is 5.32 Å². The zero-order valence-corrected chi connectivity index (χ0v) is 11.9. The third-order valence-electron chi connectivity index (χ3n) is 2.68. The van der Waals surface area contributed by atoms with Gasteiger partial charge in [0.2, 0.25) is 0 Å². The topological polar surface area (TPSA) is 64.3 Å². The molecule has 0 aliphatic rings. The molecule has 0 heterocycles. The Hall–Kier alpha value is -2.11. The standard InChI is InChI=1S/C15H14ClFN2O2/c16-13-6-1-10(9-14(13)17)15(20)19-11-2-4-12(5-3-11)21-8-7-18/h1-6,9H,7-8,18H2,(H,19,20). The Morgan fingerprint density at radius 2 is 1.95 bits per heavy atom. The Bertz CT molecular complexity index is 632. The van der Waals surface area contributed by atoms with Crippen LogP contribution in [0.15, 0.2) is 42.5 Å². The summed E-state index contributed by atoms with van der Waals surface area (Å²) in [5.41, 5.74) is 6.11. The van der Waals surface area contributed by atoms with Gasteiger partial charge in [0.05, 0.1) is 5.02 Å². The fourth-order valence-corrected chi connectivity index (χ4v) is 1.77. The lowest BCUT2D eigenvalue weighted by Crippen LogP contribution is -2.12. The maximum Gasteiger partial charge on any atom is 0.255 e. The number of nitrogens with two attached hydrogens (primary N) is 1. The Kier molecular flexibility index (Phi) is 5.14. The summed E-state index contributed by atoms with van der Waals surface area (Å²) in [6.07, 6.45) is 0. The van der Waals surface area contributed by atoms with Gasteiger partial charge in [-0.1, -0.05) is 11.6 Å². The van der Waals surface area contributed by atoms with E-state index in [1.54, 1.807) is 24.3 Å². The molecule has 0 spiro atoms. The molecule has 4 nitrogen and oxygen atoms in total. The van der Waals surface area contributed by atoms with Crippen molar-refractivity contribution >= 4 is 23.2 Å². The number of carbonyl (C=O) groups is 1. The van der Waals surface area contributed by atoms with E-state index < -0.39 is 11.7 Å².